The van der Waals surface area contributed by atoms with Gasteiger partial charge in [-0.2, -0.15) is 5.10 Å². The van der Waals surface area contributed by atoms with E-state index in [0.717, 1.165) is 88.2 Å². The van der Waals surface area contributed by atoms with Crippen molar-refractivity contribution in [2.45, 2.75) is 44.2 Å². The number of aromatic nitrogens is 2. The highest BCUT2D eigenvalue weighted by molar-refractivity contribution is 5.82. The predicted molar refractivity (Wildman–Crippen MR) is 123 cm³/mol. The molecule has 1 aliphatic carbocycles. The van der Waals surface area contributed by atoms with E-state index in [2.05, 4.69) is 20.2 Å². The van der Waals surface area contributed by atoms with Crippen LogP contribution < -0.4 is 15.0 Å². The number of rotatable bonds is 6. The van der Waals surface area contributed by atoms with Crippen molar-refractivity contribution in [2.75, 3.05) is 44.2 Å². The molecule has 2 saturated heterocycles. The molecule has 0 atom stereocenters. The zero-order chi connectivity index (χ0) is 22.1. The lowest BCUT2D eigenvalue weighted by Gasteiger charge is -2.41. The van der Waals surface area contributed by atoms with Crippen molar-refractivity contribution in [2.24, 2.45) is 7.05 Å². The monoisotopic (exact) mass is 440 g/mol. The van der Waals surface area contributed by atoms with Crippen molar-refractivity contribution >= 4 is 11.4 Å². The molecule has 9 heteroatoms. The van der Waals surface area contributed by atoms with Gasteiger partial charge in [0.05, 0.1) is 17.2 Å². The standard InChI is InChI=1S/C23H32N6O3/c1-26-16-17(15-25-26)20-13-22(29(30)31)23(32-19-3-2-4-19)14-21(20)28-9-5-18(6-10-28)27-11-7-24-8-12-27/h13-16,18-19,24H,2-12H2,1H3. The smallest absolute Gasteiger partial charge is 0.311 e. The van der Waals surface area contributed by atoms with Gasteiger partial charge in [0.1, 0.15) is 0 Å². The van der Waals surface area contributed by atoms with Crippen LogP contribution in [0.1, 0.15) is 32.1 Å². The Kier molecular flexibility index (Phi) is 6.01. The number of piperidine rings is 1. The Bertz CT molecular complexity index is 959. The zero-order valence-corrected chi connectivity index (χ0v) is 18.7. The highest BCUT2D eigenvalue weighted by Gasteiger charge is 2.30. The molecule has 3 fully saturated rings. The summed E-state index contributed by atoms with van der Waals surface area (Å²) in [5.41, 5.74) is 2.79. The maximum Gasteiger partial charge on any atom is 0.311 e. The normalized spacial score (nSPS) is 20.8. The molecule has 0 radical (unpaired) electrons. The van der Waals surface area contributed by atoms with Gasteiger partial charge in [-0.15, -0.1) is 0 Å². The molecule has 1 N–H and O–H groups in total. The van der Waals surface area contributed by atoms with Gasteiger partial charge in [-0.1, -0.05) is 0 Å². The van der Waals surface area contributed by atoms with Crippen LogP contribution in [0.5, 0.6) is 5.75 Å². The lowest BCUT2D eigenvalue weighted by atomic mass is 9.96. The molecule has 0 unspecified atom stereocenters. The zero-order valence-electron chi connectivity index (χ0n) is 18.7. The van der Waals surface area contributed by atoms with Gasteiger partial charge < -0.3 is 15.0 Å². The third kappa shape index (κ3) is 4.31. The SMILES string of the molecule is Cn1cc(-c2cc([N+](=O)[O-])c(OC3CCC3)cc2N2CCC(N3CCNCC3)CC2)cn1. The van der Waals surface area contributed by atoms with Crippen LogP contribution in [0.15, 0.2) is 24.5 Å². The van der Waals surface area contributed by atoms with Gasteiger partial charge >= 0.3 is 5.69 Å². The molecule has 1 saturated carbocycles. The Labute approximate surface area is 188 Å². The number of benzene rings is 1. The van der Waals surface area contributed by atoms with Crippen LogP contribution in [0, 0.1) is 10.1 Å². The second-order valence-corrected chi connectivity index (χ2v) is 9.17. The molecule has 1 aromatic heterocycles. The summed E-state index contributed by atoms with van der Waals surface area (Å²) >= 11 is 0. The molecule has 1 aromatic carbocycles. The summed E-state index contributed by atoms with van der Waals surface area (Å²) in [5, 5.41) is 19.6. The molecule has 9 nitrogen and oxygen atoms in total. The summed E-state index contributed by atoms with van der Waals surface area (Å²) in [7, 11) is 1.87. The molecule has 2 aromatic rings. The number of nitrogens with one attached hydrogen (secondary N) is 1. The third-order valence-electron chi connectivity index (χ3n) is 7.11. The predicted octanol–water partition coefficient (Wildman–Crippen LogP) is 2.80. The van der Waals surface area contributed by atoms with Crippen LogP contribution >= 0.6 is 0 Å². The number of nitrogens with zero attached hydrogens (tertiary/aromatic N) is 5. The molecular weight excluding hydrogens is 408 g/mol. The van der Waals surface area contributed by atoms with Gasteiger partial charge in [0.25, 0.3) is 0 Å². The minimum absolute atomic E-state index is 0.0372. The van der Waals surface area contributed by atoms with E-state index in [4.69, 9.17) is 4.74 Å². The third-order valence-corrected chi connectivity index (χ3v) is 7.11. The summed E-state index contributed by atoms with van der Waals surface area (Å²) in [5.74, 6) is 0.395. The Morgan fingerprint density at radius 2 is 1.88 bits per heavy atom. The second-order valence-electron chi connectivity index (χ2n) is 9.17. The molecule has 0 bridgehead atoms. The lowest BCUT2D eigenvalue weighted by molar-refractivity contribution is -0.386. The quantitative estimate of drug-likeness (QED) is 0.546. The number of hydrogen-bond acceptors (Lipinski definition) is 7. The molecule has 3 aliphatic rings. The number of anilines is 1. The number of piperazine rings is 1. The Balaban J connectivity index is 1.45. The van der Waals surface area contributed by atoms with Crippen molar-refractivity contribution in [1.29, 1.82) is 0 Å². The van der Waals surface area contributed by atoms with E-state index in [1.165, 1.54) is 0 Å². The van der Waals surface area contributed by atoms with Gasteiger partial charge in [0.2, 0.25) is 0 Å². The topological polar surface area (TPSA) is 88.7 Å². The highest BCUT2D eigenvalue weighted by atomic mass is 16.6. The van der Waals surface area contributed by atoms with Gasteiger partial charge in [-0.25, -0.2) is 0 Å². The minimum Gasteiger partial charge on any atom is -0.483 e. The molecule has 3 heterocycles. The van der Waals surface area contributed by atoms with E-state index in [1.807, 2.05) is 19.3 Å². The van der Waals surface area contributed by atoms with E-state index in [1.54, 1.807) is 16.9 Å². The first-order valence-corrected chi connectivity index (χ1v) is 11.8. The van der Waals surface area contributed by atoms with E-state index in [-0.39, 0.29) is 16.7 Å². The Morgan fingerprint density at radius 1 is 1.12 bits per heavy atom. The summed E-state index contributed by atoms with van der Waals surface area (Å²) in [6.45, 7) is 6.22. The highest BCUT2D eigenvalue weighted by Crippen LogP contribution is 2.42. The molecule has 5 rings (SSSR count). The van der Waals surface area contributed by atoms with Crippen LogP contribution in [0.2, 0.25) is 0 Å². The van der Waals surface area contributed by atoms with E-state index in [0.29, 0.717) is 11.8 Å². The minimum atomic E-state index is -0.325. The summed E-state index contributed by atoms with van der Waals surface area (Å²) in [4.78, 5) is 16.5. The average molecular weight is 441 g/mol. The fraction of sp³-hybridized carbons (Fsp3) is 0.609. The van der Waals surface area contributed by atoms with E-state index < -0.39 is 0 Å². The largest absolute Gasteiger partial charge is 0.483 e. The first kappa shape index (κ1) is 21.2. The molecule has 0 spiro atoms. The fourth-order valence-corrected chi connectivity index (χ4v) is 5.04. The maximum atomic E-state index is 11.9. The number of ether oxygens (including phenoxy) is 1. The van der Waals surface area contributed by atoms with Gasteiger partial charge in [0.15, 0.2) is 5.75 Å². The van der Waals surface area contributed by atoms with Crippen molar-refractivity contribution < 1.29 is 9.66 Å². The van der Waals surface area contributed by atoms with Crippen LogP contribution in [-0.2, 0) is 7.05 Å². The van der Waals surface area contributed by atoms with Crippen molar-refractivity contribution in [3.05, 3.63) is 34.6 Å². The van der Waals surface area contributed by atoms with E-state index in [9.17, 15) is 10.1 Å². The maximum absolute atomic E-state index is 11.9. The molecular formula is C23H32N6O3. The number of hydrogen-bond donors (Lipinski definition) is 1. The summed E-state index contributed by atoms with van der Waals surface area (Å²) in [6.07, 6.45) is 9.04. The molecule has 32 heavy (non-hydrogen) atoms. The van der Waals surface area contributed by atoms with Gasteiger partial charge in [0, 0.05) is 87.5 Å². The van der Waals surface area contributed by atoms with Crippen molar-refractivity contribution in [1.82, 2.24) is 20.0 Å². The molecule has 0 amide bonds. The van der Waals surface area contributed by atoms with Crippen LogP contribution in [-0.4, -0.2) is 71.0 Å². The molecule has 2 aliphatic heterocycles. The average Bonchev–Trinajstić information content (AvgIpc) is 3.22. The van der Waals surface area contributed by atoms with Crippen LogP contribution in [0.25, 0.3) is 11.1 Å². The summed E-state index contributed by atoms with van der Waals surface area (Å²) < 4.78 is 7.82. The number of aryl methyl sites for hydroxylation is 1. The van der Waals surface area contributed by atoms with Gasteiger partial charge in [-0.05, 0) is 32.1 Å². The first-order chi connectivity index (χ1) is 15.6. The van der Waals surface area contributed by atoms with Gasteiger partial charge in [-0.3, -0.25) is 19.7 Å². The Hall–Kier alpha value is -2.65. The molecule has 172 valence electrons. The van der Waals surface area contributed by atoms with Crippen LogP contribution in [0.3, 0.4) is 0 Å². The lowest BCUT2D eigenvalue weighted by Crippen LogP contribution is -2.52. The van der Waals surface area contributed by atoms with Crippen LogP contribution in [0.4, 0.5) is 11.4 Å². The van der Waals surface area contributed by atoms with E-state index >= 15 is 0 Å². The summed E-state index contributed by atoms with van der Waals surface area (Å²) in [6, 6.07) is 4.20. The van der Waals surface area contributed by atoms with Crippen molar-refractivity contribution in [3.63, 3.8) is 0 Å². The first-order valence-electron chi connectivity index (χ1n) is 11.8. The van der Waals surface area contributed by atoms with Crippen molar-refractivity contribution in [3.8, 4) is 16.9 Å². The Morgan fingerprint density at radius 3 is 2.47 bits per heavy atom. The fourth-order valence-electron chi connectivity index (χ4n) is 5.04. The number of nitro groups is 1. The number of nitro benzene ring substituents is 1. The second kappa shape index (κ2) is 9.07.